The molecule has 0 atom stereocenters. The van der Waals surface area contributed by atoms with E-state index >= 15 is 0 Å². The van der Waals surface area contributed by atoms with Crippen LogP contribution in [-0.4, -0.2) is 23.1 Å². The molecule has 0 aliphatic heterocycles. The Labute approximate surface area is 184 Å². The summed E-state index contributed by atoms with van der Waals surface area (Å²) < 4.78 is 40.6. The van der Waals surface area contributed by atoms with Crippen LogP contribution in [0.25, 0.3) is 11.1 Å². The van der Waals surface area contributed by atoms with Gasteiger partial charge in [-0.1, -0.05) is 29.8 Å². The smallest absolute Gasteiger partial charge is 0.408 e. The van der Waals surface area contributed by atoms with Gasteiger partial charge in [-0.25, -0.2) is 13.2 Å². The number of sulfonamides is 1. The molecule has 4 aromatic rings. The van der Waals surface area contributed by atoms with Crippen LogP contribution in [0.5, 0.6) is 0 Å². The number of para-hydroxylation sites is 1. The maximum atomic E-state index is 13.0. The van der Waals surface area contributed by atoms with E-state index in [0.29, 0.717) is 28.8 Å². The van der Waals surface area contributed by atoms with Crippen LogP contribution in [0.2, 0.25) is 0 Å². The molecule has 5 rings (SSSR count). The monoisotopic (exact) mass is 454 g/mol. The van der Waals surface area contributed by atoms with Crippen molar-refractivity contribution in [1.82, 2.24) is 14.7 Å². The normalized spacial score (nSPS) is 14.6. The Morgan fingerprint density at radius 3 is 2.59 bits per heavy atom. The highest BCUT2D eigenvalue weighted by molar-refractivity contribution is 7.92. The van der Waals surface area contributed by atoms with Gasteiger partial charge in [-0.05, 0) is 49.9 Å². The minimum Gasteiger partial charge on any atom is -0.408 e. The quantitative estimate of drug-likeness (QED) is 0.471. The molecule has 1 aliphatic carbocycles. The third-order valence-electron chi connectivity index (χ3n) is 5.91. The van der Waals surface area contributed by atoms with Crippen LogP contribution in [0.3, 0.4) is 0 Å². The molecule has 0 unspecified atom stereocenters. The Bertz CT molecular complexity index is 1460. The molecule has 2 aromatic heterocycles. The molecule has 1 aliphatic rings. The van der Waals surface area contributed by atoms with Crippen molar-refractivity contribution < 1.29 is 17.4 Å². The van der Waals surface area contributed by atoms with Gasteiger partial charge in [0.25, 0.3) is 10.0 Å². The first-order chi connectivity index (χ1) is 15.3. The molecule has 10 heteroatoms. The fourth-order valence-electron chi connectivity index (χ4n) is 3.83. The maximum Gasteiger partial charge on any atom is 0.420 e. The number of nitrogens with zero attached hydrogens (tertiary/aromatic N) is 3. The lowest BCUT2D eigenvalue weighted by Gasteiger charge is -2.20. The van der Waals surface area contributed by atoms with Gasteiger partial charge in [0.15, 0.2) is 11.4 Å². The van der Waals surface area contributed by atoms with Crippen LogP contribution < -0.4 is 10.5 Å². The summed E-state index contributed by atoms with van der Waals surface area (Å²) in [5.41, 5.74) is 2.78. The molecular formula is C22H22N4O5S. The summed E-state index contributed by atoms with van der Waals surface area (Å²) in [7, 11) is -3.88. The van der Waals surface area contributed by atoms with Crippen molar-refractivity contribution in [2.75, 3.05) is 4.72 Å². The highest BCUT2D eigenvalue weighted by Gasteiger charge is 2.26. The van der Waals surface area contributed by atoms with Crippen molar-refractivity contribution in [3.8, 4) is 0 Å². The van der Waals surface area contributed by atoms with Crippen LogP contribution >= 0.6 is 0 Å². The second-order valence-corrected chi connectivity index (χ2v) is 9.82. The molecule has 0 spiro atoms. The van der Waals surface area contributed by atoms with Gasteiger partial charge in [-0.2, -0.15) is 4.98 Å². The van der Waals surface area contributed by atoms with E-state index in [4.69, 9.17) is 8.94 Å². The summed E-state index contributed by atoms with van der Waals surface area (Å²) in [6.45, 7) is 3.75. The fraction of sp³-hybridized carbons (Fsp3) is 0.318. The highest BCUT2D eigenvalue weighted by Crippen LogP contribution is 2.35. The third kappa shape index (κ3) is 3.60. The molecule has 0 saturated heterocycles. The van der Waals surface area contributed by atoms with Crippen molar-refractivity contribution in [2.24, 2.45) is 0 Å². The first kappa shape index (κ1) is 20.5. The fourth-order valence-corrected chi connectivity index (χ4v) is 5.04. The number of aryl methyl sites for hydroxylation is 2. The number of hydrogen-bond acceptors (Lipinski definition) is 7. The Hall–Kier alpha value is -3.40. The zero-order valence-electron chi connectivity index (χ0n) is 17.7. The summed E-state index contributed by atoms with van der Waals surface area (Å²) in [5, 5.41) is 3.97. The largest absolute Gasteiger partial charge is 0.420 e. The minimum absolute atomic E-state index is 0.000355. The number of oxazole rings is 1. The van der Waals surface area contributed by atoms with Crippen molar-refractivity contribution in [1.29, 1.82) is 0 Å². The van der Waals surface area contributed by atoms with E-state index in [2.05, 4.69) is 14.9 Å². The Morgan fingerprint density at radius 1 is 1.16 bits per heavy atom. The molecule has 32 heavy (non-hydrogen) atoms. The zero-order chi connectivity index (χ0) is 22.5. The van der Waals surface area contributed by atoms with Gasteiger partial charge in [0.2, 0.25) is 5.89 Å². The molecular weight excluding hydrogens is 432 g/mol. The van der Waals surface area contributed by atoms with E-state index in [1.54, 1.807) is 6.07 Å². The van der Waals surface area contributed by atoms with E-state index < -0.39 is 15.8 Å². The second kappa shape index (κ2) is 7.63. The molecule has 2 heterocycles. The van der Waals surface area contributed by atoms with E-state index in [-0.39, 0.29) is 17.0 Å². The number of nitrogens with one attached hydrogen (secondary N) is 1. The average Bonchev–Trinajstić information content (AvgIpc) is 3.28. The van der Waals surface area contributed by atoms with Gasteiger partial charge in [-0.3, -0.25) is 9.29 Å². The molecule has 1 saturated carbocycles. The number of benzene rings is 2. The Balaban J connectivity index is 1.45. The Kier molecular flexibility index (Phi) is 4.89. The lowest BCUT2D eigenvalue weighted by Crippen LogP contribution is -2.16. The van der Waals surface area contributed by atoms with Crippen LogP contribution in [0.4, 0.5) is 5.69 Å². The van der Waals surface area contributed by atoms with Gasteiger partial charge >= 0.3 is 5.76 Å². The molecule has 0 amide bonds. The summed E-state index contributed by atoms with van der Waals surface area (Å²) >= 11 is 0. The van der Waals surface area contributed by atoms with Gasteiger partial charge in [0, 0.05) is 12.0 Å². The molecule has 0 bridgehead atoms. The van der Waals surface area contributed by atoms with Gasteiger partial charge in [-0.15, -0.1) is 0 Å². The van der Waals surface area contributed by atoms with E-state index in [1.165, 1.54) is 16.7 Å². The number of fused-ring (bicyclic) bond motifs is 1. The lowest BCUT2D eigenvalue weighted by molar-refractivity contribution is 0.291. The van der Waals surface area contributed by atoms with Gasteiger partial charge in [0.1, 0.15) is 0 Å². The topological polar surface area (TPSA) is 120 Å². The standard InChI is InChI=1S/C22H22N4O5S/c1-13-5-3-6-14(2)20(13)25-32(28,29)16-9-10-17-18(11-16)30-22(27)26(17)12-19-23-21(31-24-19)15-7-4-8-15/h3,5-6,9-11,15,25H,4,7-8,12H2,1-2H3. The van der Waals surface area contributed by atoms with E-state index in [1.807, 2.05) is 32.0 Å². The Morgan fingerprint density at radius 2 is 1.91 bits per heavy atom. The molecule has 1 fully saturated rings. The molecule has 0 radical (unpaired) electrons. The molecule has 1 N–H and O–H groups in total. The predicted molar refractivity (Wildman–Crippen MR) is 117 cm³/mol. The van der Waals surface area contributed by atoms with E-state index in [9.17, 15) is 13.2 Å². The minimum atomic E-state index is -3.88. The summed E-state index contributed by atoms with van der Waals surface area (Å²) in [6.07, 6.45) is 3.21. The zero-order valence-corrected chi connectivity index (χ0v) is 18.5. The van der Waals surface area contributed by atoms with Crippen LogP contribution in [0.1, 0.15) is 48.0 Å². The van der Waals surface area contributed by atoms with Crippen molar-refractivity contribution in [2.45, 2.75) is 50.5 Å². The number of hydrogen-bond donors (Lipinski definition) is 1. The predicted octanol–water partition coefficient (Wildman–Crippen LogP) is 3.71. The maximum absolute atomic E-state index is 13.0. The van der Waals surface area contributed by atoms with Crippen LogP contribution in [0.15, 0.2) is 55.0 Å². The number of aromatic nitrogens is 3. The first-order valence-electron chi connectivity index (χ1n) is 10.4. The number of rotatable bonds is 6. The lowest BCUT2D eigenvalue weighted by atomic mass is 9.85. The molecule has 166 valence electrons. The van der Waals surface area contributed by atoms with Crippen molar-refractivity contribution in [3.63, 3.8) is 0 Å². The van der Waals surface area contributed by atoms with Crippen molar-refractivity contribution in [3.05, 3.63) is 69.8 Å². The van der Waals surface area contributed by atoms with Gasteiger partial charge < -0.3 is 8.94 Å². The summed E-state index contributed by atoms with van der Waals surface area (Å²) in [6, 6.07) is 9.87. The first-order valence-corrected chi connectivity index (χ1v) is 11.8. The van der Waals surface area contributed by atoms with Gasteiger partial charge in [0.05, 0.1) is 22.6 Å². The number of anilines is 1. The SMILES string of the molecule is Cc1cccc(C)c1NS(=O)(=O)c1ccc2c(c1)oc(=O)n2Cc1noc(C2CCC2)n1. The third-order valence-corrected chi connectivity index (χ3v) is 7.25. The second-order valence-electron chi connectivity index (χ2n) is 8.13. The highest BCUT2D eigenvalue weighted by atomic mass is 32.2. The summed E-state index contributed by atoms with van der Waals surface area (Å²) in [5.74, 6) is 0.654. The van der Waals surface area contributed by atoms with Crippen molar-refractivity contribution >= 4 is 26.8 Å². The average molecular weight is 455 g/mol. The van der Waals surface area contributed by atoms with Crippen LogP contribution in [0, 0.1) is 13.8 Å². The molecule has 2 aromatic carbocycles. The van der Waals surface area contributed by atoms with Crippen LogP contribution in [-0.2, 0) is 16.6 Å². The summed E-state index contributed by atoms with van der Waals surface area (Å²) in [4.78, 5) is 16.8. The molecule has 9 nitrogen and oxygen atoms in total. The van der Waals surface area contributed by atoms with E-state index in [0.717, 1.165) is 30.4 Å².